The maximum atomic E-state index is 13.2. The van der Waals surface area contributed by atoms with E-state index in [1.54, 1.807) is 23.9 Å². The number of hydrogen-bond donors (Lipinski definition) is 0. The lowest BCUT2D eigenvalue weighted by Crippen LogP contribution is -2.31. The van der Waals surface area contributed by atoms with Crippen LogP contribution in [-0.2, 0) is 6.54 Å². The Morgan fingerprint density at radius 2 is 2.03 bits per heavy atom. The number of aryl methyl sites for hydroxylation is 3. The van der Waals surface area contributed by atoms with Crippen molar-refractivity contribution in [2.24, 2.45) is 0 Å². The minimum atomic E-state index is -0.00485. The first-order chi connectivity index (χ1) is 13.5. The molecule has 0 aliphatic carbocycles. The Hall–Kier alpha value is -1.74. The van der Waals surface area contributed by atoms with E-state index in [0.29, 0.717) is 11.4 Å². The summed E-state index contributed by atoms with van der Waals surface area (Å²) in [4.78, 5) is 24.7. The van der Waals surface area contributed by atoms with Gasteiger partial charge in [-0.1, -0.05) is 17.4 Å². The topological polar surface area (TPSA) is 51.0 Å². The first kappa shape index (κ1) is 22.0. The zero-order valence-electron chi connectivity index (χ0n) is 16.0. The SMILES string of the molecule is Cc1ccc2sc(N(CCCn3ccnc3)C(=O)c3ccc(Br)s3)nc2c1C.Cl. The average molecular weight is 512 g/mol. The Morgan fingerprint density at radius 1 is 1.21 bits per heavy atom. The summed E-state index contributed by atoms with van der Waals surface area (Å²) in [6.45, 7) is 5.58. The summed E-state index contributed by atoms with van der Waals surface area (Å²) in [6.07, 6.45) is 6.33. The second-order valence-corrected chi connectivity index (χ2v) is 10.0. The van der Waals surface area contributed by atoms with Gasteiger partial charge < -0.3 is 4.57 Å². The Kier molecular flexibility index (Phi) is 7.10. The van der Waals surface area contributed by atoms with Crippen molar-refractivity contribution >= 4 is 72.3 Å². The molecule has 0 aliphatic heterocycles. The van der Waals surface area contributed by atoms with E-state index in [0.717, 1.165) is 32.1 Å². The van der Waals surface area contributed by atoms with Gasteiger partial charge in [0.15, 0.2) is 5.13 Å². The molecule has 9 heteroatoms. The highest BCUT2D eigenvalue weighted by molar-refractivity contribution is 9.11. The molecule has 0 N–H and O–H groups in total. The molecule has 0 radical (unpaired) electrons. The minimum Gasteiger partial charge on any atom is -0.337 e. The Bertz CT molecular complexity index is 1120. The number of halogens is 2. The molecular weight excluding hydrogens is 492 g/mol. The van der Waals surface area contributed by atoms with Gasteiger partial charge >= 0.3 is 0 Å². The highest BCUT2D eigenvalue weighted by Gasteiger charge is 2.23. The molecule has 3 aromatic heterocycles. The first-order valence-corrected chi connectivity index (χ1v) is 11.3. The van der Waals surface area contributed by atoms with Crippen LogP contribution in [0.25, 0.3) is 10.2 Å². The lowest BCUT2D eigenvalue weighted by Gasteiger charge is -2.19. The molecule has 0 saturated carbocycles. The van der Waals surface area contributed by atoms with Crippen molar-refractivity contribution in [3.63, 3.8) is 0 Å². The second kappa shape index (κ2) is 9.38. The van der Waals surface area contributed by atoms with E-state index < -0.39 is 0 Å². The third-order valence-electron chi connectivity index (χ3n) is 4.69. The highest BCUT2D eigenvalue weighted by Crippen LogP contribution is 2.33. The van der Waals surface area contributed by atoms with Crippen LogP contribution in [0, 0.1) is 13.8 Å². The average Bonchev–Trinajstić information content (AvgIpc) is 3.42. The number of benzene rings is 1. The van der Waals surface area contributed by atoms with Crippen LogP contribution >= 0.6 is 51.0 Å². The van der Waals surface area contributed by atoms with Crippen molar-refractivity contribution in [1.82, 2.24) is 14.5 Å². The number of anilines is 1. The van der Waals surface area contributed by atoms with E-state index in [1.807, 2.05) is 27.8 Å². The van der Waals surface area contributed by atoms with Crippen LogP contribution in [-0.4, -0.2) is 27.0 Å². The predicted octanol–water partition coefficient (Wildman–Crippen LogP) is 6.09. The van der Waals surface area contributed by atoms with Crippen LogP contribution in [0.2, 0.25) is 0 Å². The van der Waals surface area contributed by atoms with Gasteiger partial charge in [-0.15, -0.1) is 23.7 Å². The molecule has 4 aromatic rings. The number of carbonyl (C=O) groups excluding carboxylic acids is 1. The van der Waals surface area contributed by atoms with Crippen molar-refractivity contribution in [2.75, 3.05) is 11.4 Å². The summed E-state index contributed by atoms with van der Waals surface area (Å²) in [5, 5.41) is 0.754. The van der Waals surface area contributed by atoms with Gasteiger partial charge in [-0.3, -0.25) is 9.69 Å². The molecule has 0 fully saturated rings. The number of carbonyl (C=O) groups is 1. The Labute approximate surface area is 191 Å². The molecule has 0 unspecified atom stereocenters. The number of thiophene rings is 1. The summed E-state index contributed by atoms with van der Waals surface area (Å²) in [5.41, 5.74) is 3.37. The maximum Gasteiger partial charge on any atom is 0.270 e. The first-order valence-electron chi connectivity index (χ1n) is 8.92. The van der Waals surface area contributed by atoms with Gasteiger partial charge in [-0.05, 0) is 65.5 Å². The molecule has 0 aliphatic rings. The van der Waals surface area contributed by atoms with Crippen LogP contribution in [0.1, 0.15) is 27.2 Å². The molecule has 0 bridgehead atoms. The molecule has 29 heavy (non-hydrogen) atoms. The van der Waals surface area contributed by atoms with Gasteiger partial charge in [0.05, 0.1) is 25.2 Å². The largest absolute Gasteiger partial charge is 0.337 e. The number of rotatable bonds is 6. The number of imidazole rings is 1. The number of aromatic nitrogens is 3. The summed E-state index contributed by atoms with van der Waals surface area (Å²) in [5.74, 6) is -0.00485. The lowest BCUT2D eigenvalue weighted by atomic mass is 10.1. The molecule has 0 spiro atoms. The van der Waals surface area contributed by atoms with E-state index in [4.69, 9.17) is 4.98 Å². The quantitative estimate of drug-likeness (QED) is 0.315. The minimum absolute atomic E-state index is 0. The van der Waals surface area contributed by atoms with Gasteiger partial charge in [0.2, 0.25) is 0 Å². The number of hydrogen-bond acceptors (Lipinski definition) is 5. The monoisotopic (exact) mass is 510 g/mol. The zero-order chi connectivity index (χ0) is 19.7. The third kappa shape index (κ3) is 4.71. The lowest BCUT2D eigenvalue weighted by molar-refractivity contribution is 0.0990. The maximum absolute atomic E-state index is 13.2. The Morgan fingerprint density at radius 3 is 2.72 bits per heavy atom. The van der Waals surface area contributed by atoms with Gasteiger partial charge in [0.1, 0.15) is 0 Å². The summed E-state index contributed by atoms with van der Waals surface area (Å²) in [7, 11) is 0. The molecule has 4 rings (SSSR count). The standard InChI is InChI=1S/C20H19BrN4OS2.ClH/c1-13-4-5-15-18(14(13)2)23-20(28-15)25(10-3-9-24-11-8-22-12-24)19(26)16-6-7-17(21)27-16;/h4-8,11-12H,3,9-10H2,1-2H3;1H. The van der Waals surface area contributed by atoms with Gasteiger partial charge in [-0.25, -0.2) is 9.97 Å². The van der Waals surface area contributed by atoms with E-state index in [9.17, 15) is 4.79 Å². The highest BCUT2D eigenvalue weighted by atomic mass is 79.9. The molecule has 5 nitrogen and oxygen atoms in total. The van der Waals surface area contributed by atoms with Crippen molar-refractivity contribution < 1.29 is 4.79 Å². The smallest absolute Gasteiger partial charge is 0.270 e. The fraction of sp³-hybridized carbons (Fsp3) is 0.250. The molecule has 0 atom stereocenters. The summed E-state index contributed by atoms with van der Waals surface area (Å²) >= 11 is 6.48. The number of amides is 1. The number of fused-ring (bicyclic) bond motifs is 1. The fourth-order valence-corrected chi connectivity index (χ4v) is 5.39. The number of nitrogens with zero attached hydrogens (tertiary/aromatic N) is 4. The normalized spacial score (nSPS) is 10.9. The van der Waals surface area contributed by atoms with Crippen molar-refractivity contribution in [2.45, 2.75) is 26.8 Å². The third-order valence-corrected chi connectivity index (χ3v) is 7.35. The molecular formula is C20H20BrClN4OS2. The van der Waals surface area contributed by atoms with Gasteiger partial charge in [-0.2, -0.15) is 0 Å². The summed E-state index contributed by atoms with van der Waals surface area (Å²) < 4.78 is 4.08. The zero-order valence-corrected chi connectivity index (χ0v) is 20.0. The van der Waals surface area contributed by atoms with E-state index in [-0.39, 0.29) is 18.3 Å². The number of thiazole rings is 1. The van der Waals surface area contributed by atoms with E-state index in [1.165, 1.54) is 22.5 Å². The van der Waals surface area contributed by atoms with Gasteiger partial charge in [0, 0.05) is 25.5 Å². The van der Waals surface area contributed by atoms with Crippen molar-refractivity contribution in [1.29, 1.82) is 0 Å². The molecule has 1 amide bonds. The van der Waals surface area contributed by atoms with Crippen LogP contribution < -0.4 is 4.90 Å². The van der Waals surface area contributed by atoms with Crippen LogP contribution in [0.4, 0.5) is 5.13 Å². The second-order valence-electron chi connectivity index (χ2n) is 6.57. The van der Waals surface area contributed by atoms with E-state index >= 15 is 0 Å². The summed E-state index contributed by atoms with van der Waals surface area (Å²) in [6, 6.07) is 7.98. The molecule has 1 aromatic carbocycles. The molecule has 152 valence electrons. The molecule has 3 heterocycles. The van der Waals surface area contributed by atoms with Crippen molar-refractivity contribution in [3.05, 3.63) is 62.8 Å². The Balaban J connectivity index is 0.00000240. The van der Waals surface area contributed by atoms with Crippen LogP contribution in [0.15, 0.2) is 46.8 Å². The van der Waals surface area contributed by atoms with Crippen LogP contribution in [0.5, 0.6) is 0 Å². The van der Waals surface area contributed by atoms with E-state index in [2.05, 4.69) is 46.9 Å². The van der Waals surface area contributed by atoms with Gasteiger partial charge in [0.25, 0.3) is 5.91 Å². The molecule has 0 saturated heterocycles. The predicted molar refractivity (Wildman–Crippen MR) is 127 cm³/mol. The fourth-order valence-electron chi connectivity index (χ4n) is 3.01. The van der Waals surface area contributed by atoms with Crippen molar-refractivity contribution in [3.8, 4) is 0 Å². The van der Waals surface area contributed by atoms with Crippen LogP contribution in [0.3, 0.4) is 0 Å².